The minimum atomic E-state index is -0.250. The number of likely N-dealkylation sites (tertiary alicyclic amines) is 1. The molecule has 1 aromatic carbocycles. The minimum Gasteiger partial charge on any atom is -0.497 e. The molecule has 134 valence electrons. The summed E-state index contributed by atoms with van der Waals surface area (Å²) in [6.07, 6.45) is 2.39. The topological polar surface area (TPSA) is 83.0 Å². The first-order valence-electron chi connectivity index (χ1n) is 8.11. The molecule has 2 bridgehead atoms. The van der Waals surface area contributed by atoms with Gasteiger partial charge in [-0.25, -0.2) is 0 Å². The third-order valence-corrected chi connectivity index (χ3v) is 5.82. The van der Waals surface area contributed by atoms with E-state index in [9.17, 15) is 4.79 Å². The molecule has 2 atom stereocenters. The van der Waals surface area contributed by atoms with Gasteiger partial charge in [0.15, 0.2) is 0 Å². The lowest BCUT2D eigenvalue weighted by Crippen LogP contribution is -2.53. The van der Waals surface area contributed by atoms with Gasteiger partial charge < -0.3 is 14.7 Å². The zero-order valence-corrected chi connectivity index (χ0v) is 15.0. The summed E-state index contributed by atoms with van der Waals surface area (Å²) in [6, 6.07) is 6.79. The summed E-state index contributed by atoms with van der Waals surface area (Å²) in [4.78, 5) is 25.6. The molecule has 25 heavy (non-hydrogen) atoms. The Hall–Kier alpha value is -2.19. The fraction of sp³-hybridized carbons (Fsp3) is 0.471. The van der Waals surface area contributed by atoms with E-state index < -0.39 is 0 Å². The largest absolute Gasteiger partial charge is 0.497 e. The number of rotatable bonds is 2. The Morgan fingerprint density at radius 2 is 2.00 bits per heavy atom. The first-order chi connectivity index (χ1) is 12.1. The van der Waals surface area contributed by atoms with Gasteiger partial charge in [0.05, 0.1) is 11.8 Å². The molecule has 2 aromatic rings. The van der Waals surface area contributed by atoms with E-state index in [-0.39, 0.29) is 12.4 Å². The van der Waals surface area contributed by atoms with Gasteiger partial charge in [-0.1, -0.05) is 0 Å². The predicted octanol–water partition coefficient (Wildman–Crippen LogP) is 1.92. The van der Waals surface area contributed by atoms with Gasteiger partial charge in [-0.05, 0) is 49.6 Å². The normalized spacial score (nSPS) is 22.4. The molecule has 2 aliphatic rings. The summed E-state index contributed by atoms with van der Waals surface area (Å²) in [7, 11) is 3.82. The zero-order chi connectivity index (χ0) is 18.0. The highest BCUT2D eigenvalue weighted by molar-refractivity contribution is 7.13. The number of carbonyl (C=O) groups is 2. The molecule has 2 fully saturated rings. The average Bonchev–Trinajstić information content (AvgIpc) is 3.10. The summed E-state index contributed by atoms with van der Waals surface area (Å²) < 4.78 is 10.7. The van der Waals surface area contributed by atoms with Crippen LogP contribution in [0.25, 0.3) is 10.1 Å². The first kappa shape index (κ1) is 17.6. The van der Waals surface area contributed by atoms with Gasteiger partial charge in [0.1, 0.15) is 11.4 Å². The van der Waals surface area contributed by atoms with Crippen molar-refractivity contribution < 1.29 is 19.4 Å². The van der Waals surface area contributed by atoms with Crippen molar-refractivity contribution in [3.63, 3.8) is 0 Å². The van der Waals surface area contributed by atoms with Crippen molar-refractivity contribution in [2.24, 2.45) is 0 Å². The second-order valence-electron chi connectivity index (χ2n) is 6.26. The van der Waals surface area contributed by atoms with Crippen LogP contribution in [0, 0.1) is 0 Å². The molecule has 0 spiro atoms. The third-order valence-electron chi connectivity index (χ3n) is 5.02. The summed E-state index contributed by atoms with van der Waals surface area (Å²) in [5.41, 5.74) is 0.589. The number of amides is 1. The molecule has 0 aliphatic carbocycles. The van der Waals surface area contributed by atoms with E-state index in [0.717, 1.165) is 28.9 Å². The Kier molecular flexibility index (Phi) is 5.19. The molecule has 2 aliphatic heterocycles. The maximum atomic E-state index is 12.9. The molecule has 2 unspecified atom stereocenters. The number of nitrogens with zero attached hydrogens (tertiary/aromatic N) is 3. The molecule has 8 heteroatoms. The van der Waals surface area contributed by atoms with Crippen LogP contribution >= 0.6 is 11.5 Å². The van der Waals surface area contributed by atoms with Gasteiger partial charge in [-0.3, -0.25) is 14.5 Å². The number of benzene rings is 1. The van der Waals surface area contributed by atoms with Crippen molar-refractivity contribution >= 4 is 34.0 Å². The molecule has 0 radical (unpaired) electrons. The number of hydrogen-bond donors (Lipinski definition) is 1. The highest BCUT2D eigenvalue weighted by Crippen LogP contribution is 2.31. The molecule has 1 aromatic heterocycles. The number of methoxy groups -OCH3 is 1. The van der Waals surface area contributed by atoms with Gasteiger partial charge in [0.2, 0.25) is 0 Å². The number of ether oxygens (including phenoxy) is 1. The van der Waals surface area contributed by atoms with Crippen molar-refractivity contribution in [3.8, 4) is 5.75 Å². The first-order valence-corrected chi connectivity index (χ1v) is 8.88. The smallest absolute Gasteiger partial charge is 0.290 e. The summed E-state index contributed by atoms with van der Waals surface area (Å²) in [5.74, 6) is 0.870. The van der Waals surface area contributed by atoms with E-state index >= 15 is 0 Å². The number of hydrogen-bond acceptors (Lipinski definition) is 6. The van der Waals surface area contributed by atoms with Crippen LogP contribution in [0.4, 0.5) is 0 Å². The molecule has 4 rings (SSSR count). The van der Waals surface area contributed by atoms with E-state index in [1.54, 1.807) is 7.11 Å². The van der Waals surface area contributed by atoms with Crippen molar-refractivity contribution in [1.29, 1.82) is 0 Å². The Labute approximate surface area is 150 Å². The molecule has 3 heterocycles. The Morgan fingerprint density at radius 3 is 2.60 bits per heavy atom. The van der Waals surface area contributed by atoms with Gasteiger partial charge in [-0.2, -0.15) is 4.37 Å². The Bertz CT molecular complexity index is 764. The van der Waals surface area contributed by atoms with Crippen LogP contribution in [-0.2, 0) is 4.79 Å². The SMILES string of the molecule is COc1ccc2c(C(=O)N3CC4CCC(C3)N4C)nsc2c1.O=CO. The molecular weight excluding hydrogens is 342 g/mol. The molecule has 0 saturated carbocycles. The maximum absolute atomic E-state index is 12.9. The molecule has 7 nitrogen and oxygen atoms in total. The van der Waals surface area contributed by atoms with E-state index in [1.165, 1.54) is 24.4 Å². The Balaban J connectivity index is 0.000000569. The third kappa shape index (κ3) is 3.32. The lowest BCUT2D eigenvalue weighted by atomic mass is 10.1. The van der Waals surface area contributed by atoms with Crippen LogP contribution in [0.1, 0.15) is 23.3 Å². The van der Waals surface area contributed by atoms with E-state index in [0.29, 0.717) is 17.8 Å². The number of likely N-dealkylation sites (N-methyl/N-ethyl adjacent to an activating group) is 1. The number of piperazine rings is 1. The summed E-state index contributed by atoms with van der Waals surface area (Å²) in [5, 5.41) is 7.82. The highest BCUT2D eigenvalue weighted by Gasteiger charge is 2.39. The lowest BCUT2D eigenvalue weighted by molar-refractivity contribution is -0.122. The van der Waals surface area contributed by atoms with Gasteiger partial charge in [0, 0.05) is 30.6 Å². The van der Waals surface area contributed by atoms with Crippen LogP contribution in [0.3, 0.4) is 0 Å². The fourth-order valence-corrected chi connectivity index (χ4v) is 4.43. The van der Waals surface area contributed by atoms with Crippen molar-refractivity contribution in [3.05, 3.63) is 23.9 Å². The van der Waals surface area contributed by atoms with Crippen molar-refractivity contribution in [1.82, 2.24) is 14.2 Å². The average molecular weight is 363 g/mol. The molecule has 2 saturated heterocycles. The summed E-state index contributed by atoms with van der Waals surface area (Å²) >= 11 is 1.37. The summed E-state index contributed by atoms with van der Waals surface area (Å²) in [6.45, 7) is 1.39. The van der Waals surface area contributed by atoms with Crippen LogP contribution in [0.15, 0.2) is 18.2 Å². The standard InChI is InChI=1S/C16H19N3O2S.CH2O2/c1-18-10-3-4-11(18)9-19(8-10)16(20)15-13-6-5-12(21-2)7-14(13)22-17-15;2-1-3/h5-7,10-11H,3-4,8-9H2,1-2H3;1H,(H,2,3). The monoisotopic (exact) mass is 363 g/mol. The predicted molar refractivity (Wildman–Crippen MR) is 95.3 cm³/mol. The zero-order valence-electron chi connectivity index (χ0n) is 14.2. The van der Waals surface area contributed by atoms with E-state index in [4.69, 9.17) is 14.6 Å². The van der Waals surface area contributed by atoms with E-state index in [2.05, 4.69) is 16.3 Å². The van der Waals surface area contributed by atoms with Crippen LogP contribution in [-0.4, -0.2) is 71.0 Å². The highest BCUT2D eigenvalue weighted by atomic mass is 32.1. The number of carboxylic acid groups (broad SMARTS) is 1. The quantitative estimate of drug-likeness (QED) is 0.821. The second-order valence-corrected chi connectivity index (χ2v) is 7.06. The van der Waals surface area contributed by atoms with Crippen LogP contribution in [0.2, 0.25) is 0 Å². The van der Waals surface area contributed by atoms with Crippen molar-refractivity contribution in [2.45, 2.75) is 24.9 Å². The van der Waals surface area contributed by atoms with Gasteiger partial charge in [0.25, 0.3) is 12.4 Å². The maximum Gasteiger partial charge on any atom is 0.290 e. The number of carbonyl (C=O) groups excluding carboxylic acids is 1. The second kappa shape index (κ2) is 7.37. The van der Waals surface area contributed by atoms with Gasteiger partial charge in [-0.15, -0.1) is 0 Å². The minimum absolute atomic E-state index is 0.0708. The van der Waals surface area contributed by atoms with Crippen molar-refractivity contribution in [2.75, 3.05) is 27.2 Å². The molecular formula is C17H21N3O4S. The molecule has 1 N–H and O–H groups in total. The fourth-order valence-electron chi connectivity index (χ4n) is 3.63. The van der Waals surface area contributed by atoms with Crippen LogP contribution in [0.5, 0.6) is 5.75 Å². The lowest BCUT2D eigenvalue weighted by Gasteiger charge is -2.38. The van der Waals surface area contributed by atoms with Crippen LogP contribution < -0.4 is 4.74 Å². The van der Waals surface area contributed by atoms with Gasteiger partial charge >= 0.3 is 0 Å². The molecule has 1 amide bonds. The number of fused-ring (bicyclic) bond motifs is 3. The Morgan fingerprint density at radius 1 is 1.36 bits per heavy atom. The van der Waals surface area contributed by atoms with E-state index in [1.807, 2.05) is 23.1 Å². The number of aromatic nitrogens is 1.